The molecule has 2 rings (SSSR count). The molecule has 6 nitrogen and oxygen atoms in total. The van der Waals surface area contributed by atoms with Crippen molar-refractivity contribution in [3.63, 3.8) is 0 Å². The quantitative estimate of drug-likeness (QED) is 0.842. The molecule has 24 heavy (non-hydrogen) atoms. The van der Waals surface area contributed by atoms with Gasteiger partial charge in [0.05, 0.1) is 0 Å². The van der Waals surface area contributed by atoms with Gasteiger partial charge in [0.2, 0.25) is 5.91 Å². The summed E-state index contributed by atoms with van der Waals surface area (Å²) in [5.41, 5.74) is 1.38. The van der Waals surface area contributed by atoms with E-state index in [0.717, 1.165) is 39.0 Å². The van der Waals surface area contributed by atoms with Gasteiger partial charge in [-0.2, -0.15) is 0 Å². The molecule has 1 saturated heterocycles. The van der Waals surface area contributed by atoms with Crippen LogP contribution in [0.5, 0.6) is 0 Å². The van der Waals surface area contributed by atoms with Crippen molar-refractivity contribution in [2.45, 2.75) is 39.7 Å². The molecule has 6 heteroatoms. The molecule has 0 aliphatic carbocycles. The number of likely N-dealkylation sites (N-methyl/N-ethyl adjacent to an activating group) is 1. The van der Waals surface area contributed by atoms with E-state index < -0.39 is 0 Å². The number of amides is 3. The Morgan fingerprint density at radius 2 is 1.88 bits per heavy atom. The summed E-state index contributed by atoms with van der Waals surface area (Å²) in [6.45, 7) is 9.48. The van der Waals surface area contributed by atoms with Gasteiger partial charge in [0.15, 0.2) is 0 Å². The number of urea groups is 1. The number of hydrogen-bond donors (Lipinski definition) is 2. The molecular weight excluding hydrogens is 304 g/mol. The second-order valence-electron chi connectivity index (χ2n) is 6.17. The topological polar surface area (TPSA) is 64.7 Å². The lowest BCUT2D eigenvalue weighted by Gasteiger charge is -2.29. The van der Waals surface area contributed by atoms with Crippen LogP contribution >= 0.6 is 0 Å². The second kappa shape index (κ2) is 8.68. The van der Waals surface area contributed by atoms with E-state index in [-0.39, 0.29) is 18.0 Å². The Morgan fingerprint density at radius 1 is 1.21 bits per heavy atom. The number of anilines is 2. The van der Waals surface area contributed by atoms with Crippen molar-refractivity contribution < 1.29 is 9.59 Å². The summed E-state index contributed by atoms with van der Waals surface area (Å²) in [7, 11) is 0. The number of benzene rings is 1. The van der Waals surface area contributed by atoms with Gasteiger partial charge in [0, 0.05) is 37.4 Å². The number of nitrogens with one attached hydrogen (secondary N) is 2. The van der Waals surface area contributed by atoms with Gasteiger partial charge in [-0.1, -0.05) is 19.9 Å². The average Bonchev–Trinajstić information content (AvgIpc) is 3.00. The fourth-order valence-electron chi connectivity index (χ4n) is 3.15. The largest absolute Gasteiger partial charge is 0.326 e. The summed E-state index contributed by atoms with van der Waals surface area (Å²) in [6, 6.07) is 7.43. The van der Waals surface area contributed by atoms with Crippen LogP contribution in [-0.4, -0.2) is 54.0 Å². The van der Waals surface area contributed by atoms with Gasteiger partial charge < -0.3 is 20.4 Å². The van der Waals surface area contributed by atoms with Crippen molar-refractivity contribution in [1.82, 2.24) is 9.80 Å². The maximum absolute atomic E-state index is 12.6. The first-order valence-electron chi connectivity index (χ1n) is 8.71. The highest BCUT2D eigenvalue weighted by Gasteiger charge is 2.29. The van der Waals surface area contributed by atoms with Crippen molar-refractivity contribution in [3.8, 4) is 0 Å². The third kappa shape index (κ3) is 4.96. The molecule has 0 bridgehead atoms. The van der Waals surface area contributed by atoms with E-state index in [9.17, 15) is 9.59 Å². The maximum atomic E-state index is 12.6. The van der Waals surface area contributed by atoms with Crippen molar-refractivity contribution in [2.24, 2.45) is 0 Å². The lowest BCUT2D eigenvalue weighted by Crippen LogP contribution is -2.45. The van der Waals surface area contributed by atoms with Crippen LogP contribution in [0.2, 0.25) is 0 Å². The number of likely N-dealkylation sites (tertiary alicyclic amines) is 1. The molecule has 132 valence electrons. The van der Waals surface area contributed by atoms with E-state index in [0.29, 0.717) is 11.4 Å². The standard InChI is InChI=1S/C18H28N4O2/c1-4-21(5-2)13-17-10-7-11-22(17)18(24)20-16-9-6-8-15(12-16)19-14(3)23/h6,8-9,12,17H,4-5,7,10-11,13H2,1-3H3,(H,19,23)(H,20,24). The number of carbonyl (C=O) groups excluding carboxylic acids is 2. The van der Waals surface area contributed by atoms with Gasteiger partial charge >= 0.3 is 6.03 Å². The van der Waals surface area contributed by atoms with Crippen molar-refractivity contribution in [2.75, 3.05) is 36.8 Å². The van der Waals surface area contributed by atoms with Crippen molar-refractivity contribution in [1.29, 1.82) is 0 Å². The van der Waals surface area contributed by atoms with Gasteiger partial charge in [0.1, 0.15) is 0 Å². The molecule has 3 amide bonds. The minimum atomic E-state index is -0.127. The zero-order chi connectivity index (χ0) is 17.5. The zero-order valence-electron chi connectivity index (χ0n) is 14.8. The Balaban J connectivity index is 1.99. The van der Waals surface area contributed by atoms with Crippen LogP contribution in [0.3, 0.4) is 0 Å². The number of hydrogen-bond acceptors (Lipinski definition) is 3. The summed E-state index contributed by atoms with van der Waals surface area (Å²) in [4.78, 5) is 28.1. The molecule has 2 N–H and O–H groups in total. The molecule has 1 atom stereocenters. The second-order valence-corrected chi connectivity index (χ2v) is 6.17. The van der Waals surface area contributed by atoms with E-state index in [4.69, 9.17) is 0 Å². The maximum Gasteiger partial charge on any atom is 0.322 e. The lowest BCUT2D eigenvalue weighted by atomic mass is 10.2. The molecule has 1 aliphatic rings. The van der Waals surface area contributed by atoms with E-state index in [1.54, 1.807) is 12.1 Å². The molecule has 1 aromatic rings. The number of rotatable bonds is 6. The molecule has 0 spiro atoms. The SMILES string of the molecule is CCN(CC)CC1CCCN1C(=O)Nc1cccc(NC(C)=O)c1. The summed E-state index contributed by atoms with van der Waals surface area (Å²) < 4.78 is 0. The van der Waals surface area contributed by atoms with E-state index in [1.165, 1.54) is 6.92 Å². The van der Waals surface area contributed by atoms with Crippen LogP contribution in [0, 0.1) is 0 Å². The third-order valence-corrected chi connectivity index (χ3v) is 4.44. The molecule has 1 aromatic carbocycles. The summed E-state index contributed by atoms with van der Waals surface area (Å²) in [5.74, 6) is -0.127. The van der Waals surface area contributed by atoms with Gasteiger partial charge in [-0.3, -0.25) is 4.79 Å². The molecule has 1 heterocycles. The normalized spacial score (nSPS) is 17.2. The van der Waals surface area contributed by atoms with Crippen LogP contribution in [0.25, 0.3) is 0 Å². The number of carbonyl (C=O) groups is 2. The molecule has 1 aliphatic heterocycles. The van der Waals surface area contributed by atoms with Crippen molar-refractivity contribution >= 4 is 23.3 Å². The van der Waals surface area contributed by atoms with Crippen LogP contribution in [-0.2, 0) is 4.79 Å². The zero-order valence-corrected chi connectivity index (χ0v) is 14.8. The van der Waals surface area contributed by atoms with Gasteiger partial charge in [-0.15, -0.1) is 0 Å². The Bertz CT molecular complexity index is 572. The predicted octanol–water partition coefficient (Wildman–Crippen LogP) is 2.98. The van der Waals surface area contributed by atoms with E-state index >= 15 is 0 Å². The Labute approximate surface area is 144 Å². The smallest absolute Gasteiger partial charge is 0.322 e. The molecular formula is C18H28N4O2. The fraction of sp³-hybridized carbons (Fsp3) is 0.556. The number of nitrogens with zero attached hydrogens (tertiary/aromatic N) is 2. The summed E-state index contributed by atoms with van der Waals surface area (Å²) >= 11 is 0. The van der Waals surface area contributed by atoms with Crippen LogP contribution in [0.1, 0.15) is 33.6 Å². The monoisotopic (exact) mass is 332 g/mol. The third-order valence-electron chi connectivity index (χ3n) is 4.44. The molecule has 1 unspecified atom stereocenters. The Hall–Kier alpha value is -2.08. The summed E-state index contributed by atoms with van der Waals surface area (Å²) in [5, 5.41) is 5.68. The van der Waals surface area contributed by atoms with E-state index in [2.05, 4.69) is 29.4 Å². The van der Waals surface area contributed by atoms with Gasteiger partial charge in [-0.05, 0) is 44.1 Å². The van der Waals surface area contributed by atoms with Crippen molar-refractivity contribution in [3.05, 3.63) is 24.3 Å². The Kier molecular flexibility index (Phi) is 6.61. The van der Waals surface area contributed by atoms with E-state index in [1.807, 2.05) is 17.0 Å². The average molecular weight is 332 g/mol. The first kappa shape index (κ1) is 18.3. The van der Waals surface area contributed by atoms with Gasteiger partial charge in [-0.25, -0.2) is 4.79 Å². The first-order valence-corrected chi connectivity index (χ1v) is 8.71. The van der Waals surface area contributed by atoms with Gasteiger partial charge in [0.25, 0.3) is 0 Å². The Morgan fingerprint density at radius 3 is 2.50 bits per heavy atom. The van der Waals surface area contributed by atoms with Crippen LogP contribution in [0.15, 0.2) is 24.3 Å². The predicted molar refractivity (Wildman–Crippen MR) is 97.3 cm³/mol. The highest BCUT2D eigenvalue weighted by atomic mass is 16.2. The highest BCUT2D eigenvalue weighted by molar-refractivity contribution is 5.92. The minimum Gasteiger partial charge on any atom is -0.326 e. The lowest BCUT2D eigenvalue weighted by molar-refractivity contribution is -0.114. The molecule has 0 saturated carbocycles. The molecule has 0 radical (unpaired) electrons. The molecule has 0 aromatic heterocycles. The van der Waals surface area contributed by atoms with Crippen LogP contribution < -0.4 is 10.6 Å². The molecule has 1 fully saturated rings. The van der Waals surface area contributed by atoms with Crippen LogP contribution in [0.4, 0.5) is 16.2 Å². The fourth-order valence-corrected chi connectivity index (χ4v) is 3.15. The highest BCUT2D eigenvalue weighted by Crippen LogP contribution is 2.21. The summed E-state index contributed by atoms with van der Waals surface area (Å²) in [6.07, 6.45) is 2.10. The first-order chi connectivity index (χ1) is 11.5. The minimum absolute atomic E-state index is 0.0652.